The van der Waals surface area contributed by atoms with Crippen LogP contribution in [0.4, 0.5) is 5.69 Å². The van der Waals surface area contributed by atoms with E-state index >= 15 is 0 Å². The van der Waals surface area contributed by atoms with Crippen molar-refractivity contribution in [2.75, 3.05) is 44.7 Å². The second-order valence-corrected chi connectivity index (χ2v) is 7.78. The molecule has 0 aromatic heterocycles. The van der Waals surface area contributed by atoms with E-state index in [-0.39, 0.29) is 17.7 Å². The number of ether oxygens (including phenoxy) is 1. The molecule has 3 amide bonds. The molecule has 1 fully saturated rings. The Bertz CT molecular complexity index is 1010. The fourth-order valence-corrected chi connectivity index (χ4v) is 4.27. The van der Waals surface area contributed by atoms with Gasteiger partial charge < -0.3 is 14.5 Å². The van der Waals surface area contributed by atoms with Crippen LogP contribution < -0.4 is 9.64 Å². The van der Waals surface area contributed by atoms with Crippen LogP contribution in [0.2, 0.25) is 0 Å². The normalized spacial score (nSPS) is 16.0. The molecule has 2 aromatic carbocycles. The summed E-state index contributed by atoms with van der Waals surface area (Å²) in [6.07, 6.45) is 1.06. The molecule has 0 unspecified atom stereocenters. The van der Waals surface area contributed by atoms with Gasteiger partial charge in [0.2, 0.25) is 5.91 Å². The third kappa shape index (κ3) is 4.00. The molecule has 2 aliphatic rings. The zero-order valence-corrected chi connectivity index (χ0v) is 18.0. The summed E-state index contributed by atoms with van der Waals surface area (Å²) in [5.41, 5.74) is 2.73. The van der Waals surface area contributed by atoms with Crippen molar-refractivity contribution in [3.63, 3.8) is 0 Å². The van der Waals surface area contributed by atoms with E-state index in [0.717, 1.165) is 17.0 Å². The van der Waals surface area contributed by atoms with Gasteiger partial charge >= 0.3 is 0 Å². The lowest BCUT2D eigenvalue weighted by Crippen LogP contribution is -2.49. The van der Waals surface area contributed by atoms with Crippen molar-refractivity contribution < 1.29 is 19.1 Å². The Morgan fingerprint density at radius 1 is 1.00 bits per heavy atom. The van der Waals surface area contributed by atoms with Crippen LogP contribution in [0.3, 0.4) is 0 Å². The number of piperazine rings is 1. The fourth-order valence-electron chi connectivity index (χ4n) is 4.27. The van der Waals surface area contributed by atoms with Crippen LogP contribution >= 0.6 is 0 Å². The Morgan fingerprint density at radius 3 is 2.45 bits per heavy atom. The highest BCUT2D eigenvalue weighted by Gasteiger charge is 2.38. The molecule has 162 valence electrons. The van der Waals surface area contributed by atoms with Crippen LogP contribution in [0.1, 0.15) is 39.6 Å². The first kappa shape index (κ1) is 20.9. The lowest BCUT2D eigenvalue weighted by Gasteiger charge is -2.36. The first-order chi connectivity index (χ1) is 15.0. The van der Waals surface area contributed by atoms with Gasteiger partial charge in [-0.05, 0) is 36.2 Å². The van der Waals surface area contributed by atoms with Crippen molar-refractivity contribution in [2.24, 2.45) is 0 Å². The molecule has 7 nitrogen and oxygen atoms in total. The van der Waals surface area contributed by atoms with Crippen LogP contribution in [0.25, 0.3) is 0 Å². The quantitative estimate of drug-likeness (QED) is 0.671. The second kappa shape index (κ2) is 8.79. The highest BCUT2D eigenvalue weighted by Crippen LogP contribution is 2.32. The third-order valence-electron chi connectivity index (χ3n) is 6.01. The molecule has 31 heavy (non-hydrogen) atoms. The highest BCUT2D eigenvalue weighted by molar-refractivity contribution is 6.23. The monoisotopic (exact) mass is 421 g/mol. The Hall–Kier alpha value is -3.35. The summed E-state index contributed by atoms with van der Waals surface area (Å²) in [5.74, 6) is 0.408. The number of fused-ring (bicyclic) bond motifs is 1. The minimum absolute atomic E-state index is 0.146. The highest BCUT2D eigenvalue weighted by atomic mass is 16.5. The van der Waals surface area contributed by atoms with Crippen molar-refractivity contribution >= 4 is 23.4 Å². The number of carbonyl (C=O) groups excluding carboxylic acids is 3. The van der Waals surface area contributed by atoms with Gasteiger partial charge in [0.15, 0.2) is 0 Å². The van der Waals surface area contributed by atoms with Crippen molar-refractivity contribution in [3.05, 3.63) is 59.2 Å². The van der Waals surface area contributed by atoms with E-state index < -0.39 is 0 Å². The van der Waals surface area contributed by atoms with Gasteiger partial charge in [-0.3, -0.25) is 19.3 Å². The predicted molar refractivity (Wildman–Crippen MR) is 118 cm³/mol. The van der Waals surface area contributed by atoms with Gasteiger partial charge in [0.25, 0.3) is 11.8 Å². The van der Waals surface area contributed by atoms with Gasteiger partial charge in [-0.15, -0.1) is 0 Å². The summed E-state index contributed by atoms with van der Waals surface area (Å²) < 4.78 is 5.25. The van der Waals surface area contributed by atoms with Gasteiger partial charge in [0, 0.05) is 39.1 Å². The average Bonchev–Trinajstić information content (AvgIpc) is 3.07. The van der Waals surface area contributed by atoms with Gasteiger partial charge in [-0.2, -0.15) is 0 Å². The number of rotatable bonds is 6. The van der Waals surface area contributed by atoms with E-state index in [4.69, 9.17) is 4.74 Å². The zero-order valence-electron chi connectivity index (χ0n) is 18.0. The molecule has 1 saturated heterocycles. The number of benzene rings is 2. The maximum absolute atomic E-state index is 13.2. The first-order valence-corrected chi connectivity index (χ1v) is 10.7. The molecule has 0 N–H and O–H groups in total. The molecule has 0 atom stereocenters. The number of anilines is 1. The maximum Gasteiger partial charge on any atom is 0.263 e. The molecule has 0 radical (unpaired) electrons. The van der Waals surface area contributed by atoms with E-state index in [2.05, 4.69) is 4.90 Å². The Labute approximate surface area is 182 Å². The molecule has 2 heterocycles. The van der Waals surface area contributed by atoms with Crippen molar-refractivity contribution in [1.29, 1.82) is 0 Å². The van der Waals surface area contributed by atoms with Crippen LogP contribution in [-0.2, 0) is 11.2 Å². The fraction of sp³-hybridized carbons (Fsp3) is 0.375. The molecule has 0 bridgehead atoms. The molecule has 2 aliphatic heterocycles. The SMILES string of the molecule is CCC(=O)N1CCN(c2cccc3c2C(=O)N(CCc2cccc(OC)c2)C3=O)CC1. The number of carbonyl (C=O) groups is 3. The van der Waals surface area contributed by atoms with Gasteiger partial charge in [0.05, 0.1) is 23.9 Å². The summed E-state index contributed by atoms with van der Waals surface area (Å²) in [6, 6.07) is 13.1. The molecule has 2 aromatic rings. The number of hydrogen-bond donors (Lipinski definition) is 0. The van der Waals surface area contributed by atoms with E-state index in [1.54, 1.807) is 13.2 Å². The number of nitrogens with zero attached hydrogens (tertiary/aromatic N) is 3. The van der Waals surface area contributed by atoms with Crippen molar-refractivity contribution in [3.8, 4) is 5.75 Å². The molecule has 0 aliphatic carbocycles. The average molecular weight is 421 g/mol. The number of hydrogen-bond acceptors (Lipinski definition) is 5. The summed E-state index contributed by atoms with van der Waals surface area (Å²) in [7, 11) is 1.61. The molecular formula is C24H27N3O4. The van der Waals surface area contributed by atoms with Crippen molar-refractivity contribution in [1.82, 2.24) is 9.80 Å². The predicted octanol–water partition coefficient (Wildman–Crippen LogP) is 2.59. The number of methoxy groups -OCH3 is 1. The van der Waals surface area contributed by atoms with Crippen LogP contribution in [0, 0.1) is 0 Å². The smallest absolute Gasteiger partial charge is 0.263 e. The minimum Gasteiger partial charge on any atom is -0.497 e. The standard InChI is InChI=1S/C24H27N3O4/c1-3-21(28)26-14-12-25(13-15-26)20-9-5-8-19-22(20)24(30)27(23(19)29)11-10-17-6-4-7-18(16-17)31-2/h4-9,16H,3,10-15H2,1-2H3. The van der Waals surface area contributed by atoms with E-state index in [1.165, 1.54) is 4.90 Å². The maximum atomic E-state index is 13.2. The Kier molecular flexibility index (Phi) is 5.93. The number of imide groups is 1. The van der Waals surface area contributed by atoms with Gasteiger partial charge in [0.1, 0.15) is 5.75 Å². The van der Waals surface area contributed by atoms with Crippen LogP contribution in [0.15, 0.2) is 42.5 Å². The summed E-state index contributed by atoms with van der Waals surface area (Å²) >= 11 is 0. The van der Waals surface area contributed by atoms with Gasteiger partial charge in [-0.25, -0.2) is 0 Å². The number of amides is 3. The van der Waals surface area contributed by atoms with Crippen LogP contribution in [-0.4, -0.2) is 67.4 Å². The lowest BCUT2D eigenvalue weighted by atomic mass is 10.1. The Morgan fingerprint density at radius 2 is 1.74 bits per heavy atom. The van der Waals surface area contributed by atoms with Gasteiger partial charge in [-0.1, -0.05) is 25.1 Å². The lowest BCUT2D eigenvalue weighted by molar-refractivity contribution is -0.131. The van der Waals surface area contributed by atoms with E-state index in [1.807, 2.05) is 48.2 Å². The molecule has 0 spiro atoms. The van der Waals surface area contributed by atoms with E-state index in [9.17, 15) is 14.4 Å². The molecule has 7 heteroatoms. The summed E-state index contributed by atoms with van der Waals surface area (Å²) in [5, 5.41) is 0. The third-order valence-corrected chi connectivity index (χ3v) is 6.01. The molecule has 4 rings (SSSR count). The summed E-state index contributed by atoms with van der Waals surface area (Å²) in [4.78, 5) is 43.5. The first-order valence-electron chi connectivity index (χ1n) is 10.7. The van der Waals surface area contributed by atoms with Crippen LogP contribution in [0.5, 0.6) is 5.75 Å². The topological polar surface area (TPSA) is 70.2 Å². The second-order valence-electron chi connectivity index (χ2n) is 7.78. The molecular weight excluding hydrogens is 394 g/mol. The minimum atomic E-state index is -0.246. The van der Waals surface area contributed by atoms with Crippen molar-refractivity contribution in [2.45, 2.75) is 19.8 Å². The summed E-state index contributed by atoms with van der Waals surface area (Å²) in [6.45, 7) is 4.72. The zero-order chi connectivity index (χ0) is 22.0. The largest absolute Gasteiger partial charge is 0.497 e. The Balaban J connectivity index is 1.50. The van der Waals surface area contributed by atoms with E-state index in [0.29, 0.717) is 56.7 Å². The molecule has 0 saturated carbocycles.